The maximum absolute atomic E-state index is 11.8. The minimum Gasteiger partial charge on any atom is -0.361 e. The van der Waals surface area contributed by atoms with Crippen molar-refractivity contribution in [3.8, 4) is 0 Å². The lowest BCUT2D eigenvalue weighted by Crippen LogP contribution is -2.32. The van der Waals surface area contributed by atoms with E-state index in [9.17, 15) is 4.79 Å². The summed E-state index contributed by atoms with van der Waals surface area (Å²) in [5, 5.41) is 4.25. The fraction of sp³-hybridized carbons (Fsp3) is 0.429. The first kappa shape index (κ1) is 18.2. The van der Waals surface area contributed by atoms with Gasteiger partial charge in [-0.2, -0.15) is 0 Å². The SMILES string of the molecule is CCC(=O)N(C)c1nc(CN2CCC(c3c[nH]c4ccccc34)CC2)cs1. The molecule has 0 bridgehead atoms. The smallest absolute Gasteiger partial charge is 0.228 e. The van der Waals surface area contributed by atoms with Gasteiger partial charge < -0.3 is 4.98 Å². The molecule has 1 fully saturated rings. The number of benzene rings is 1. The zero-order valence-electron chi connectivity index (χ0n) is 15.9. The molecule has 27 heavy (non-hydrogen) atoms. The van der Waals surface area contributed by atoms with E-state index >= 15 is 0 Å². The van der Waals surface area contributed by atoms with Crippen molar-refractivity contribution in [1.29, 1.82) is 0 Å². The summed E-state index contributed by atoms with van der Waals surface area (Å²) in [7, 11) is 1.81. The number of H-pyrrole nitrogens is 1. The van der Waals surface area contributed by atoms with Crippen molar-refractivity contribution in [2.24, 2.45) is 0 Å². The average molecular weight is 383 g/mol. The molecule has 0 aliphatic carbocycles. The van der Waals surface area contributed by atoms with Crippen molar-refractivity contribution in [1.82, 2.24) is 14.9 Å². The van der Waals surface area contributed by atoms with Crippen molar-refractivity contribution in [2.75, 3.05) is 25.0 Å². The van der Waals surface area contributed by atoms with Gasteiger partial charge in [0.2, 0.25) is 5.91 Å². The molecule has 0 unspecified atom stereocenters. The molecule has 3 heterocycles. The number of aromatic amines is 1. The molecule has 5 nitrogen and oxygen atoms in total. The van der Waals surface area contributed by atoms with Gasteiger partial charge in [0.15, 0.2) is 5.13 Å². The predicted octanol–water partition coefficient (Wildman–Crippen LogP) is 4.38. The molecular formula is C21H26N4OS. The topological polar surface area (TPSA) is 52.2 Å². The van der Waals surface area contributed by atoms with Crippen LogP contribution in [0.2, 0.25) is 0 Å². The van der Waals surface area contributed by atoms with Gasteiger partial charge in [-0.15, -0.1) is 11.3 Å². The normalized spacial score (nSPS) is 16.1. The van der Waals surface area contributed by atoms with Gasteiger partial charge in [0.1, 0.15) is 0 Å². The van der Waals surface area contributed by atoms with Crippen molar-refractivity contribution < 1.29 is 4.79 Å². The van der Waals surface area contributed by atoms with E-state index in [4.69, 9.17) is 0 Å². The summed E-state index contributed by atoms with van der Waals surface area (Å²) < 4.78 is 0. The van der Waals surface area contributed by atoms with Crippen LogP contribution in [0.1, 0.15) is 43.4 Å². The fourth-order valence-corrected chi connectivity index (χ4v) is 4.73. The van der Waals surface area contributed by atoms with E-state index in [1.807, 2.05) is 6.92 Å². The van der Waals surface area contributed by atoms with E-state index < -0.39 is 0 Å². The van der Waals surface area contributed by atoms with Crippen LogP contribution in [-0.4, -0.2) is 40.9 Å². The number of hydrogen-bond acceptors (Lipinski definition) is 4. The standard InChI is InChI=1S/C21H26N4OS/c1-3-20(26)24(2)21-23-16(14-27-21)13-25-10-8-15(9-11-25)18-12-22-19-7-5-4-6-17(18)19/h4-7,12,14-15,22H,3,8-11,13H2,1-2H3. The molecule has 0 radical (unpaired) electrons. The number of rotatable bonds is 5. The minimum absolute atomic E-state index is 0.107. The van der Waals surface area contributed by atoms with Crippen molar-refractivity contribution >= 4 is 33.3 Å². The van der Waals surface area contributed by atoms with Gasteiger partial charge in [0.05, 0.1) is 5.69 Å². The molecule has 142 valence electrons. The number of nitrogens with zero attached hydrogens (tertiary/aromatic N) is 3. The summed E-state index contributed by atoms with van der Waals surface area (Å²) in [6, 6.07) is 8.57. The number of fused-ring (bicyclic) bond motifs is 1. The predicted molar refractivity (Wildman–Crippen MR) is 111 cm³/mol. The molecule has 1 saturated heterocycles. The van der Waals surface area contributed by atoms with E-state index in [2.05, 4.69) is 50.7 Å². The summed E-state index contributed by atoms with van der Waals surface area (Å²) in [6.45, 7) is 4.91. The highest BCUT2D eigenvalue weighted by molar-refractivity contribution is 7.14. The van der Waals surface area contributed by atoms with Gasteiger partial charge >= 0.3 is 0 Å². The van der Waals surface area contributed by atoms with Crippen LogP contribution in [0.25, 0.3) is 10.9 Å². The van der Waals surface area contributed by atoms with Crippen LogP contribution in [0.4, 0.5) is 5.13 Å². The molecule has 1 N–H and O–H groups in total. The zero-order valence-corrected chi connectivity index (χ0v) is 16.8. The van der Waals surface area contributed by atoms with Crippen LogP contribution in [-0.2, 0) is 11.3 Å². The number of carbonyl (C=O) groups is 1. The summed E-state index contributed by atoms with van der Waals surface area (Å²) in [5.41, 5.74) is 3.76. The second-order valence-electron chi connectivity index (χ2n) is 7.27. The number of likely N-dealkylation sites (tertiary alicyclic amines) is 1. The quantitative estimate of drug-likeness (QED) is 0.713. The third-order valence-corrected chi connectivity index (χ3v) is 6.50. The number of piperidine rings is 1. The van der Waals surface area contributed by atoms with Gasteiger partial charge in [0, 0.05) is 42.5 Å². The maximum Gasteiger partial charge on any atom is 0.228 e. The molecule has 0 atom stereocenters. The third-order valence-electron chi connectivity index (χ3n) is 5.54. The van der Waals surface area contributed by atoms with Crippen LogP contribution >= 0.6 is 11.3 Å². The molecule has 1 aromatic carbocycles. The van der Waals surface area contributed by atoms with Gasteiger partial charge in [-0.05, 0) is 43.5 Å². The number of amides is 1. The number of aromatic nitrogens is 2. The Kier molecular flexibility index (Phi) is 5.27. The average Bonchev–Trinajstić information content (AvgIpc) is 3.34. The Hall–Kier alpha value is -2.18. The van der Waals surface area contributed by atoms with E-state index in [0.29, 0.717) is 12.3 Å². The molecule has 1 aliphatic rings. The molecule has 3 aromatic rings. The van der Waals surface area contributed by atoms with Gasteiger partial charge in [-0.25, -0.2) is 4.98 Å². The molecule has 2 aromatic heterocycles. The number of carbonyl (C=O) groups excluding carboxylic acids is 1. The van der Waals surface area contributed by atoms with Crippen LogP contribution in [0.3, 0.4) is 0 Å². The van der Waals surface area contributed by atoms with Gasteiger partial charge in [-0.3, -0.25) is 14.6 Å². The van der Waals surface area contributed by atoms with Crippen molar-refractivity contribution in [3.05, 3.63) is 47.1 Å². The van der Waals surface area contributed by atoms with Crippen LogP contribution in [0, 0.1) is 0 Å². The molecule has 6 heteroatoms. The lowest BCUT2D eigenvalue weighted by atomic mass is 9.89. The Balaban J connectivity index is 1.36. The monoisotopic (exact) mass is 382 g/mol. The number of para-hydroxylation sites is 1. The van der Waals surface area contributed by atoms with Crippen molar-refractivity contribution in [2.45, 2.75) is 38.6 Å². The highest BCUT2D eigenvalue weighted by atomic mass is 32.1. The Morgan fingerprint density at radius 1 is 1.33 bits per heavy atom. The molecule has 1 aliphatic heterocycles. The number of nitrogens with one attached hydrogen (secondary N) is 1. The molecule has 4 rings (SSSR count). The lowest BCUT2D eigenvalue weighted by molar-refractivity contribution is -0.118. The van der Waals surface area contributed by atoms with Gasteiger partial charge in [-0.1, -0.05) is 25.1 Å². The van der Waals surface area contributed by atoms with Crippen molar-refractivity contribution in [3.63, 3.8) is 0 Å². The van der Waals surface area contributed by atoms with E-state index in [0.717, 1.165) is 30.5 Å². The zero-order chi connectivity index (χ0) is 18.8. The Bertz CT molecular complexity index is 923. The lowest BCUT2D eigenvalue weighted by Gasteiger charge is -2.31. The Morgan fingerprint density at radius 3 is 2.89 bits per heavy atom. The highest BCUT2D eigenvalue weighted by Crippen LogP contribution is 2.33. The summed E-state index contributed by atoms with van der Waals surface area (Å²) in [4.78, 5) is 24.0. The number of hydrogen-bond donors (Lipinski definition) is 1. The molecule has 0 saturated carbocycles. The van der Waals surface area contributed by atoms with E-state index in [1.165, 1.54) is 29.3 Å². The van der Waals surface area contributed by atoms with E-state index in [1.54, 1.807) is 23.3 Å². The first-order valence-corrected chi connectivity index (χ1v) is 10.5. The second-order valence-corrected chi connectivity index (χ2v) is 8.10. The Morgan fingerprint density at radius 2 is 2.11 bits per heavy atom. The third kappa shape index (κ3) is 3.77. The van der Waals surface area contributed by atoms with Crippen LogP contribution in [0.5, 0.6) is 0 Å². The summed E-state index contributed by atoms with van der Waals surface area (Å²) >= 11 is 1.55. The van der Waals surface area contributed by atoms with Crippen LogP contribution < -0.4 is 4.90 Å². The second kappa shape index (κ2) is 7.82. The highest BCUT2D eigenvalue weighted by Gasteiger charge is 2.23. The molecule has 0 spiro atoms. The first-order valence-electron chi connectivity index (χ1n) is 9.65. The van der Waals surface area contributed by atoms with E-state index in [-0.39, 0.29) is 5.91 Å². The summed E-state index contributed by atoms with van der Waals surface area (Å²) in [5.74, 6) is 0.729. The minimum atomic E-state index is 0.107. The first-order chi connectivity index (χ1) is 13.2. The molecule has 1 amide bonds. The Labute approximate surface area is 164 Å². The van der Waals surface area contributed by atoms with Gasteiger partial charge in [0.25, 0.3) is 0 Å². The maximum atomic E-state index is 11.8. The number of anilines is 1. The molecular weight excluding hydrogens is 356 g/mol. The fourth-order valence-electron chi connectivity index (χ4n) is 3.93. The summed E-state index contributed by atoms with van der Waals surface area (Å²) in [6.07, 6.45) is 5.05. The van der Waals surface area contributed by atoms with Crippen LogP contribution in [0.15, 0.2) is 35.8 Å². The number of thiazole rings is 1. The largest absolute Gasteiger partial charge is 0.361 e.